The Bertz CT molecular complexity index is 876. The van der Waals surface area contributed by atoms with Gasteiger partial charge in [0.05, 0.1) is 18.4 Å². The van der Waals surface area contributed by atoms with E-state index in [0.29, 0.717) is 11.5 Å². The highest BCUT2D eigenvalue weighted by Gasteiger charge is 2.41. The molecule has 0 atom stereocenters. The van der Waals surface area contributed by atoms with E-state index in [2.05, 4.69) is 14.8 Å². The molecule has 0 saturated carbocycles. The quantitative estimate of drug-likeness (QED) is 0.426. The summed E-state index contributed by atoms with van der Waals surface area (Å²) in [6.07, 6.45) is 1.19. The number of carbonyl (C=O) groups excluding carboxylic acids is 1. The molecule has 0 aromatic carbocycles. The Kier molecular flexibility index (Phi) is 8.26. The standard InChI is InChI=1S/C9H9N3O4S.C7H11F3O2/c13-17(14,15)6-4-12-3-1-8(7-11-12)9-10-2-5-16-9;1-6(2,3)4-12-5(11)7(8,9)10/h1-3,5,7H,4,6H2;4H2,1-3H3/p+1. The van der Waals surface area contributed by atoms with E-state index in [9.17, 15) is 26.4 Å². The Morgan fingerprint density at radius 3 is 2.38 bits per heavy atom. The van der Waals surface area contributed by atoms with Gasteiger partial charge in [0.1, 0.15) is 18.2 Å². The van der Waals surface area contributed by atoms with E-state index in [4.69, 9.17) is 8.97 Å². The minimum atomic E-state index is -4.88. The van der Waals surface area contributed by atoms with E-state index in [1.807, 2.05) is 0 Å². The highest BCUT2D eigenvalue weighted by atomic mass is 32.2. The monoisotopic (exact) mass is 440 g/mol. The summed E-state index contributed by atoms with van der Waals surface area (Å²) in [4.78, 5) is 14.1. The van der Waals surface area contributed by atoms with Gasteiger partial charge in [-0.3, -0.25) is 4.55 Å². The average Bonchev–Trinajstić information content (AvgIpc) is 3.11. The van der Waals surface area contributed by atoms with Crippen molar-refractivity contribution in [2.45, 2.75) is 33.5 Å². The summed E-state index contributed by atoms with van der Waals surface area (Å²) in [5, 5.41) is 3.98. The summed E-state index contributed by atoms with van der Waals surface area (Å²) >= 11 is 0. The Morgan fingerprint density at radius 2 is 1.97 bits per heavy atom. The van der Waals surface area contributed by atoms with Crippen molar-refractivity contribution in [3.05, 3.63) is 30.9 Å². The van der Waals surface area contributed by atoms with Crippen molar-refractivity contribution in [3.8, 4) is 11.5 Å². The van der Waals surface area contributed by atoms with Gasteiger partial charge in [-0.25, -0.2) is 9.78 Å². The Hall–Kier alpha value is -2.54. The molecular weight excluding hydrogens is 419 g/mol. The number of esters is 1. The van der Waals surface area contributed by atoms with Crippen LogP contribution in [0.3, 0.4) is 0 Å². The average molecular weight is 440 g/mol. The number of hydrogen-bond acceptors (Lipinski definition) is 7. The van der Waals surface area contributed by atoms with Crippen molar-refractivity contribution in [1.82, 2.24) is 10.1 Å². The fourth-order valence-corrected chi connectivity index (χ4v) is 2.00. The minimum absolute atomic E-state index is 0.0880. The third kappa shape index (κ3) is 10.5. The molecule has 0 aliphatic heterocycles. The normalized spacial score (nSPS) is 12.1. The van der Waals surface area contributed by atoms with Crippen molar-refractivity contribution >= 4 is 16.1 Å². The lowest BCUT2D eigenvalue weighted by molar-refractivity contribution is -0.750. The maximum absolute atomic E-state index is 11.5. The number of alkyl halides is 3. The number of halogens is 3. The molecule has 9 nitrogen and oxygen atoms in total. The van der Waals surface area contributed by atoms with Crippen LogP contribution in [0.2, 0.25) is 0 Å². The molecule has 0 spiro atoms. The molecule has 0 saturated heterocycles. The van der Waals surface area contributed by atoms with Crippen molar-refractivity contribution in [1.29, 1.82) is 0 Å². The Morgan fingerprint density at radius 1 is 1.31 bits per heavy atom. The second-order valence-electron chi connectivity index (χ2n) is 6.94. The molecule has 0 bridgehead atoms. The van der Waals surface area contributed by atoms with Gasteiger partial charge in [-0.2, -0.15) is 21.6 Å². The van der Waals surface area contributed by atoms with E-state index in [1.165, 1.54) is 23.3 Å². The van der Waals surface area contributed by atoms with Crippen LogP contribution < -0.4 is 4.68 Å². The maximum Gasteiger partial charge on any atom is 0.490 e. The van der Waals surface area contributed by atoms with Crippen molar-refractivity contribution in [2.24, 2.45) is 5.41 Å². The van der Waals surface area contributed by atoms with Crippen LogP contribution in [0.5, 0.6) is 0 Å². The second kappa shape index (κ2) is 9.78. The van der Waals surface area contributed by atoms with Gasteiger partial charge in [0.2, 0.25) is 5.89 Å². The van der Waals surface area contributed by atoms with Crippen LogP contribution in [0.25, 0.3) is 11.5 Å². The van der Waals surface area contributed by atoms with Crippen LogP contribution in [0.15, 0.2) is 35.3 Å². The number of oxazole rings is 1. The predicted octanol–water partition coefficient (Wildman–Crippen LogP) is 2.05. The predicted molar refractivity (Wildman–Crippen MR) is 92.8 cm³/mol. The number of ether oxygens (including phenoxy) is 1. The van der Waals surface area contributed by atoms with E-state index < -0.39 is 27.7 Å². The number of hydrogen-bond donors (Lipinski definition) is 1. The fourth-order valence-electron chi connectivity index (χ4n) is 1.58. The van der Waals surface area contributed by atoms with E-state index in [0.717, 1.165) is 0 Å². The number of aromatic nitrogens is 3. The molecule has 0 aliphatic rings. The van der Waals surface area contributed by atoms with Gasteiger partial charge in [-0.1, -0.05) is 25.5 Å². The van der Waals surface area contributed by atoms with Crippen molar-refractivity contribution in [3.63, 3.8) is 0 Å². The van der Waals surface area contributed by atoms with Gasteiger partial charge >= 0.3 is 12.1 Å². The third-order valence-electron chi connectivity index (χ3n) is 2.90. The highest BCUT2D eigenvalue weighted by Crippen LogP contribution is 2.19. The Labute approximate surface area is 165 Å². The van der Waals surface area contributed by atoms with Crippen molar-refractivity contribution in [2.75, 3.05) is 12.4 Å². The van der Waals surface area contributed by atoms with E-state index in [1.54, 1.807) is 33.0 Å². The molecule has 0 radical (unpaired) electrons. The van der Waals surface area contributed by atoms with Crippen LogP contribution in [-0.2, 0) is 26.2 Å². The number of rotatable bonds is 5. The molecule has 162 valence electrons. The van der Waals surface area contributed by atoms with Crippen LogP contribution in [-0.4, -0.2) is 47.6 Å². The SMILES string of the molecule is CC(C)(C)COC(=O)C(F)(F)F.O=S(=O)(O)CC[n+]1ccc(-c2ncco2)cn1. The highest BCUT2D eigenvalue weighted by molar-refractivity contribution is 7.85. The lowest BCUT2D eigenvalue weighted by atomic mass is 9.99. The molecule has 13 heteroatoms. The maximum atomic E-state index is 11.5. The van der Waals surface area contributed by atoms with E-state index >= 15 is 0 Å². The summed E-state index contributed by atoms with van der Waals surface area (Å²) < 4.78 is 74.8. The second-order valence-corrected chi connectivity index (χ2v) is 8.51. The molecule has 0 unspecified atom stereocenters. The van der Waals surface area contributed by atoms with Gasteiger partial charge in [0.15, 0.2) is 12.7 Å². The molecule has 0 amide bonds. The minimum Gasteiger partial charge on any atom is -0.458 e. The molecule has 2 heterocycles. The number of carbonyl (C=O) groups is 1. The molecule has 2 rings (SSSR count). The fraction of sp³-hybridized carbons (Fsp3) is 0.500. The number of nitrogens with zero attached hydrogens (tertiary/aromatic N) is 3. The van der Waals surface area contributed by atoms with Crippen LogP contribution in [0, 0.1) is 5.41 Å². The largest absolute Gasteiger partial charge is 0.490 e. The molecule has 0 aliphatic carbocycles. The zero-order valence-electron chi connectivity index (χ0n) is 15.9. The summed E-state index contributed by atoms with van der Waals surface area (Å²) in [5.74, 6) is -2.06. The molecule has 29 heavy (non-hydrogen) atoms. The third-order valence-corrected chi connectivity index (χ3v) is 3.60. The molecule has 1 N–H and O–H groups in total. The first kappa shape index (κ1) is 24.5. The summed E-state index contributed by atoms with van der Waals surface area (Å²) in [6.45, 7) is 4.89. The first-order chi connectivity index (χ1) is 13.2. The van der Waals surface area contributed by atoms with Crippen molar-refractivity contribution < 1.29 is 44.8 Å². The zero-order chi connectivity index (χ0) is 22.3. The molecular formula is C16H21F3N3O6S+. The summed E-state index contributed by atoms with van der Waals surface area (Å²) in [7, 11) is -3.97. The first-order valence-electron chi connectivity index (χ1n) is 8.12. The van der Waals surface area contributed by atoms with Gasteiger partial charge in [0, 0.05) is 6.07 Å². The molecule has 2 aromatic heterocycles. The lowest BCUT2D eigenvalue weighted by Crippen LogP contribution is -2.40. The summed E-state index contributed by atoms with van der Waals surface area (Å²) in [6, 6.07) is 1.70. The van der Waals surface area contributed by atoms with Gasteiger partial charge in [-0.05, 0) is 10.5 Å². The number of aryl methyl sites for hydroxylation is 1. The first-order valence-corrected chi connectivity index (χ1v) is 9.73. The lowest BCUT2D eigenvalue weighted by Gasteiger charge is -2.18. The van der Waals surface area contributed by atoms with Gasteiger partial charge in [-0.15, -0.1) is 0 Å². The van der Waals surface area contributed by atoms with E-state index in [-0.39, 0.29) is 18.9 Å². The zero-order valence-corrected chi connectivity index (χ0v) is 16.7. The van der Waals surface area contributed by atoms with Gasteiger partial charge < -0.3 is 9.15 Å². The topological polar surface area (TPSA) is 123 Å². The molecule has 0 fully saturated rings. The summed E-state index contributed by atoms with van der Waals surface area (Å²) in [5.41, 5.74) is 0.249. The van der Waals surface area contributed by atoms with Crippen LogP contribution in [0.4, 0.5) is 13.2 Å². The molecule has 2 aromatic rings. The van der Waals surface area contributed by atoms with Crippen LogP contribution in [0.1, 0.15) is 20.8 Å². The Balaban J connectivity index is 0.000000311. The van der Waals surface area contributed by atoms with Gasteiger partial charge in [0.25, 0.3) is 10.1 Å². The van der Waals surface area contributed by atoms with Crippen LogP contribution >= 0.6 is 0 Å². The smallest absolute Gasteiger partial charge is 0.458 e.